The fraction of sp³-hybridized carbons (Fsp3) is 0.385. The van der Waals surface area contributed by atoms with Crippen molar-refractivity contribution in [3.05, 3.63) is 23.8 Å². The Balaban J connectivity index is 0.000000771. The highest BCUT2D eigenvalue weighted by atomic mass is 16.1. The molecule has 1 heterocycles. The Hall–Kier alpha value is -2.04. The number of rotatable bonds is 3. The molecule has 2 rings (SSSR count). The number of nitrogens with zero attached hydrogens (tertiary/aromatic N) is 2. The van der Waals surface area contributed by atoms with Crippen molar-refractivity contribution in [1.82, 2.24) is 9.55 Å². The van der Waals surface area contributed by atoms with E-state index in [1.54, 1.807) is 12.1 Å². The van der Waals surface area contributed by atoms with Gasteiger partial charge in [0.1, 0.15) is 0 Å². The van der Waals surface area contributed by atoms with E-state index >= 15 is 0 Å². The number of aromatic nitrogens is 2. The van der Waals surface area contributed by atoms with Crippen LogP contribution in [0.3, 0.4) is 0 Å². The number of carbonyl (C=O) groups is 1. The lowest BCUT2D eigenvalue weighted by atomic mass is 10.2. The summed E-state index contributed by atoms with van der Waals surface area (Å²) >= 11 is 0. The molecule has 5 nitrogen and oxygen atoms in total. The van der Waals surface area contributed by atoms with Crippen molar-refractivity contribution in [2.24, 2.45) is 5.73 Å². The van der Waals surface area contributed by atoms with Gasteiger partial charge in [-0.3, -0.25) is 4.79 Å². The minimum atomic E-state index is -0.453. The lowest BCUT2D eigenvalue weighted by Gasteiger charge is -2.03. The third-order valence-corrected chi connectivity index (χ3v) is 2.51. The summed E-state index contributed by atoms with van der Waals surface area (Å²) in [6.45, 7) is 6.89. The van der Waals surface area contributed by atoms with Gasteiger partial charge < -0.3 is 16.0 Å². The number of amides is 1. The SMILES string of the molecule is CC.CCCn1c(N)nc2cc(C(N)=O)ccc21. The Kier molecular flexibility index (Phi) is 4.71. The number of fused-ring (bicyclic) bond motifs is 1. The van der Waals surface area contributed by atoms with Gasteiger partial charge in [-0.25, -0.2) is 4.98 Å². The fourth-order valence-corrected chi connectivity index (χ4v) is 1.76. The molecule has 0 aliphatic carbocycles. The van der Waals surface area contributed by atoms with E-state index in [1.165, 1.54) is 0 Å². The predicted molar refractivity (Wildman–Crippen MR) is 74.3 cm³/mol. The van der Waals surface area contributed by atoms with Crippen molar-refractivity contribution >= 4 is 22.9 Å². The molecule has 1 amide bonds. The van der Waals surface area contributed by atoms with Gasteiger partial charge in [0, 0.05) is 12.1 Å². The van der Waals surface area contributed by atoms with Gasteiger partial charge in [0.15, 0.2) is 0 Å². The molecule has 5 heteroatoms. The summed E-state index contributed by atoms with van der Waals surface area (Å²) in [7, 11) is 0. The molecular weight excluding hydrogens is 228 g/mol. The standard InChI is InChI=1S/C11H14N4O.C2H6/c1-2-5-15-9-4-3-7(10(12)16)6-8(9)14-11(15)13;1-2/h3-4,6H,2,5H2,1H3,(H2,12,16)(H2,13,14);1-2H3. The zero-order valence-electron chi connectivity index (χ0n) is 11.1. The highest BCUT2D eigenvalue weighted by Crippen LogP contribution is 2.19. The van der Waals surface area contributed by atoms with Crippen LogP contribution in [-0.4, -0.2) is 15.5 Å². The van der Waals surface area contributed by atoms with Crippen LogP contribution in [0.25, 0.3) is 11.0 Å². The van der Waals surface area contributed by atoms with Crippen LogP contribution in [0.5, 0.6) is 0 Å². The number of aryl methyl sites for hydroxylation is 1. The number of imidazole rings is 1. The Morgan fingerprint density at radius 1 is 1.39 bits per heavy atom. The van der Waals surface area contributed by atoms with Gasteiger partial charge in [0.25, 0.3) is 0 Å². The van der Waals surface area contributed by atoms with Crippen LogP contribution in [0, 0.1) is 0 Å². The van der Waals surface area contributed by atoms with Crippen molar-refractivity contribution in [3.63, 3.8) is 0 Å². The van der Waals surface area contributed by atoms with E-state index in [0.717, 1.165) is 18.5 Å². The smallest absolute Gasteiger partial charge is 0.248 e. The van der Waals surface area contributed by atoms with E-state index in [0.29, 0.717) is 17.0 Å². The average Bonchev–Trinajstić information content (AvgIpc) is 2.68. The molecule has 18 heavy (non-hydrogen) atoms. The molecule has 98 valence electrons. The van der Waals surface area contributed by atoms with E-state index in [-0.39, 0.29) is 0 Å². The van der Waals surface area contributed by atoms with E-state index in [1.807, 2.05) is 24.5 Å². The van der Waals surface area contributed by atoms with Crippen LogP contribution in [-0.2, 0) is 6.54 Å². The Morgan fingerprint density at radius 3 is 2.61 bits per heavy atom. The second-order valence-corrected chi connectivity index (χ2v) is 3.69. The summed E-state index contributed by atoms with van der Waals surface area (Å²) in [6, 6.07) is 5.19. The molecule has 0 aliphatic heterocycles. The van der Waals surface area contributed by atoms with Crippen molar-refractivity contribution in [2.45, 2.75) is 33.7 Å². The highest BCUT2D eigenvalue weighted by Gasteiger charge is 2.09. The van der Waals surface area contributed by atoms with Crippen molar-refractivity contribution in [3.8, 4) is 0 Å². The molecule has 0 aliphatic rings. The normalized spacial score (nSPS) is 9.94. The monoisotopic (exact) mass is 248 g/mol. The molecule has 0 saturated carbocycles. The maximum absolute atomic E-state index is 11.0. The first-order chi connectivity index (χ1) is 8.63. The first-order valence-corrected chi connectivity index (χ1v) is 6.19. The number of nitrogens with two attached hydrogens (primary N) is 2. The number of anilines is 1. The van der Waals surface area contributed by atoms with Gasteiger partial charge in [0.05, 0.1) is 11.0 Å². The molecule has 4 N–H and O–H groups in total. The fourth-order valence-electron chi connectivity index (χ4n) is 1.76. The Morgan fingerprint density at radius 2 is 2.06 bits per heavy atom. The maximum atomic E-state index is 11.0. The van der Waals surface area contributed by atoms with Crippen LogP contribution in [0.15, 0.2) is 18.2 Å². The van der Waals surface area contributed by atoms with E-state index in [2.05, 4.69) is 11.9 Å². The van der Waals surface area contributed by atoms with Crippen LogP contribution < -0.4 is 11.5 Å². The summed E-state index contributed by atoms with van der Waals surface area (Å²) < 4.78 is 1.93. The maximum Gasteiger partial charge on any atom is 0.248 e. The van der Waals surface area contributed by atoms with Crippen molar-refractivity contribution in [1.29, 1.82) is 0 Å². The van der Waals surface area contributed by atoms with Crippen LogP contribution >= 0.6 is 0 Å². The minimum absolute atomic E-state index is 0.452. The van der Waals surface area contributed by atoms with Gasteiger partial charge in [-0.05, 0) is 24.6 Å². The molecule has 0 atom stereocenters. The molecule has 0 radical (unpaired) electrons. The third kappa shape index (κ3) is 2.61. The van der Waals surface area contributed by atoms with Crippen LogP contribution in [0.2, 0.25) is 0 Å². The quantitative estimate of drug-likeness (QED) is 0.872. The Bertz CT molecular complexity index is 545. The molecule has 1 aromatic carbocycles. The van der Waals surface area contributed by atoms with Gasteiger partial charge in [-0.1, -0.05) is 20.8 Å². The number of hydrogen-bond acceptors (Lipinski definition) is 3. The lowest BCUT2D eigenvalue weighted by molar-refractivity contribution is 0.100. The summed E-state index contributed by atoms with van der Waals surface area (Å²) in [6.07, 6.45) is 0.979. The molecular formula is C13H20N4O. The topological polar surface area (TPSA) is 86.9 Å². The summed E-state index contributed by atoms with van der Waals surface area (Å²) in [5.74, 6) is 0.0176. The molecule has 0 unspecified atom stereocenters. The van der Waals surface area contributed by atoms with Gasteiger partial charge >= 0.3 is 0 Å². The third-order valence-electron chi connectivity index (χ3n) is 2.51. The molecule has 0 spiro atoms. The summed E-state index contributed by atoms with van der Waals surface area (Å²) in [5, 5.41) is 0. The van der Waals surface area contributed by atoms with Gasteiger partial charge in [0.2, 0.25) is 11.9 Å². The van der Waals surface area contributed by atoms with Crippen molar-refractivity contribution in [2.75, 3.05) is 5.73 Å². The highest BCUT2D eigenvalue weighted by molar-refractivity contribution is 5.96. The van der Waals surface area contributed by atoms with Gasteiger partial charge in [-0.2, -0.15) is 0 Å². The zero-order chi connectivity index (χ0) is 13.7. The summed E-state index contributed by atoms with van der Waals surface area (Å²) in [5.41, 5.74) is 13.1. The Labute approximate surface area is 107 Å². The first-order valence-electron chi connectivity index (χ1n) is 6.19. The van der Waals surface area contributed by atoms with Crippen LogP contribution in [0.4, 0.5) is 5.95 Å². The van der Waals surface area contributed by atoms with E-state index in [9.17, 15) is 4.79 Å². The minimum Gasteiger partial charge on any atom is -0.369 e. The average molecular weight is 248 g/mol. The molecule has 0 saturated heterocycles. The largest absolute Gasteiger partial charge is 0.369 e. The second-order valence-electron chi connectivity index (χ2n) is 3.69. The molecule has 2 aromatic rings. The second kappa shape index (κ2) is 6.05. The lowest BCUT2D eigenvalue weighted by Crippen LogP contribution is -2.10. The van der Waals surface area contributed by atoms with Gasteiger partial charge in [-0.15, -0.1) is 0 Å². The molecule has 0 fully saturated rings. The number of hydrogen-bond donors (Lipinski definition) is 2. The van der Waals surface area contributed by atoms with Crippen molar-refractivity contribution < 1.29 is 4.79 Å². The first kappa shape index (κ1) is 14.0. The molecule has 1 aromatic heterocycles. The molecule has 0 bridgehead atoms. The predicted octanol–water partition coefficient (Wildman–Crippen LogP) is 2.15. The number of primary amides is 1. The van der Waals surface area contributed by atoms with E-state index in [4.69, 9.17) is 11.5 Å². The summed E-state index contributed by atoms with van der Waals surface area (Å²) in [4.78, 5) is 15.2. The number of benzene rings is 1. The van der Waals surface area contributed by atoms with Crippen LogP contribution in [0.1, 0.15) is 37.6 Å². The number of nitrogen functional groups attached to an aromatic ring is 1. The zero-order valence-corrected chi connectivity index (χ0v) is 11.1. The number of carbonyl (C=O) groups excluding carboxylic acids is 1. The van der Waals surface area contributed by atoms with E-state index < -0.39 is 5.91 Å².